The molecule has 21 heteroatoms. The molecule has 0 bridgehead atoms. The van der Waals surface area contributed by atoms with Gasteiger partial charge in [0, 0.05) is 7.11 Å². The summed E-state index contributed by atoms with van der Waals surface area (Å²) in [5.41, 5.74) is 5.93. The van der Waals surface area contributed by atoms with Gasteiger partial charge in [-0.1, -0.05) is 0 Å². The summed E-state index contributed by atoms with van der Waals surface area (Å²) >= 11 is 0. The fraction of sp³-hybridized carbons (Fsp3) is 0.545. The molecule has 6 atom stereocenters. The molecule has 0 amide bonds. The lowest BCUT2D eigenvalue weighted by Gasteiger charge is -2.21. The number of phosphoric acid groups is 3. The predicted octanol–water partition coefficient (Wildman–Crippen LogP) is -0.975. The van der Waals surface area contributed by atoms with Crippen molar-refractivity contribution in [3.05, 3.63) is 12.7 Å². The highest BCUT2D eigenvalue weighted by atomic mass is 31.3. The number of hydrogen-bond donors (Lipinski definition) is 6. The monoisotopic (exact) mass is 521 g/mol. The summed E-state index contributed by atoms with van der Waals surface area (Å²) in [5.74, 6) is 0.00841. The molecular weight excluding hydrogens is 503 g/mol. The summed E-state index contributed by atoms with van der Waals surface area (Å²) in [6.45, 7) is -0.973. The van der Waals surface area contributed by atoms with Gasteiger partial charge in [-0.3, -0.25) is 18.1 Å². The first kappa shape index (κ1) is 25.3. The maximum atomic E-state index is 11.9. The van der Waals surface area contributed by atoms with Gasteiger partial charge in [0.05, 0.1) is 12.9 Å². The van der Waals surface area contributed by atoms with Crippen molar-refractivity contribution in [3.63, 3.8) is 0 Å². The topological polar surface area (TPSA) is 268 Å². The van der Waals surface area contributed by atoms with Crippen LogP contribution in [-0.4, -0.2) is 76.2 Å². The lowest BCUT2D eigenvalue weighted by molar-refractivity contribution is -0.0502. The van der Waals surface area contributed by atoms with Crippen LogP contribution in [0.15, 0.2) is 12.7 Å². The molecule has 0 spiro atoms. The zero-order valence-corrected chi connectivity index (χ0v) is 18.6. The highest BCUT2D eigenvalue weighted by molar-refractivity contribution is 7.61. The predicted molar refractivity (Wildman–Crippen MR) is 100 cm³/mol. The smallest absolute Gasteiger partial charge is 0.386 e. The second-order valence-electron chi connectivity index (χ2n) is 6.20. The number of ether oxygens (including phenoxy) is 1. The first-order chi connectivity index (χ1) is 14.7. The Kier molecular flexibility index (Phi) is 7.20. The Balaban J connectivity index is 1.85. The maximum absolute atomic E-state index is 11.9. The third-order valence-corrected chi connectivity index (χ3v) is 7.17. The third-order valence-electron chi connectivity index (χ3n) is 4.07. The molecule has 1 aliphatic rings. The summed E-state index contributed by atoms with van der Waals surface area (Å²) in [7, 11) is -14.6. The largest absolute Gasteiger partial charge is 0.481 e. The van der Waals surface area contributed by atoms with Crippen LogP contribution in [-0.2, 0) is 36.3 Å². The number of phosphoric ester groups is 3. The molecule has 0 saturated carbocycles. The van der Waals surface area contributed by atoms with E-state index in [1.807, 2.05) is 0 Å². The van der Waals surface area contributed by atoms with Crippen molar-refractivity contribution in [2.45, 2.75) is 24.5 Å². The maximum Gasteiger partial charge on any atom is 0.481 e. The molecule has 1 saturated heterocycles. The number of imidazole rings is 1. The van der Waals surface area contributed by atoms with E-state index in [1.165, 1.54) is 0 Å². The average Bonchev–Trinajstić information content (AvgIpc) is 3.21. The number of nitrogens with zero attached hydrogens (tertiary/aromatic N) is 4. The van der Waals surface area contributed by atoms with Crippen LogP contribution in [0.1, 0.15) is 6.23 Å². The minimum Gasteiger partial charge on any atom is -0.386 e. The average molecular weight is 521 g/mol. The van der Waals surface area contributed by atoms with Crippen LogP contribution >= 0.6 is 23.5 Å². The van der Waals surface area contributed by atoms with Crippen LogP contribution in [0.2, 0.25) is 0 Å². The van der Waals surface area contributed by atoms with Gasteiger partial charge in [0.1, 0.15) is 30.2 Å². The van der Waals surface area contributed by atoms with Gasteiger partial charge in [-0.2, -0.15) is 4.31 Å². The normalized spacial score (nSPS) is 27.9. The molecule has 2 aromatic heterocycles. The fourth-order valence-electron chi connectivity index (χ4n) is 2.78. The zero-order chi connectivity index (χ0) is 23.9. The Bertz CT molecular complexity index is 1120. The van der Waals surface area contributed by atoms with E-state index in [2.05, 4.69) is 32.8 Å². The lowest BCUT2D eigenvalue weighted by Crippen LogP contribution is -2.35. The standard InChI is InChI=1S/C11H18N5O13P3/c1-25-31(21,22)29-32(23,24)26-2-5-8(28-30(18,19)20)7(17)11(27-5)16-4-15-6-9(12)13-3-14-10(6)16/h3-5,7-8,11,17H,2H2,1H3,(H,21,22)(H,23,24)(H2,12,13,14)(H2,18,19,20)/t5-,7+,8?,11-/m1/s1. The van der Waals surface area contributed by atoms with Crippen molar-refractivity contribution < 1.29 is 61.0 Å². The second kappa shape index (κ2) is 9.12. The van der Waals surface area contributed by atoms with Crippen molar-refractivity contribution in [2.75, 3.05) is 19.5 Å². The van der Waals surface area contributed by atoms with Gasteiger partial charge in [0.2, 0.25) is 0 Å². The Morgan fingerprint density at radius 2 is 1.84 bits per heavy atom. The van der Waals surface area contributed by atoms with Crippen LogP contribution in [0, 0.1) is 0 Å². The van der Waals surface area contributed by atoms with Crippen molar-refractivity contribution in [3.8, 4) is 0 Å². The number of anilines is 1. The van der Waals surface area contributed by atoms with Crippen LogP contribution in [0.3, 0.4) is 0 Å². The molecule has 18 nitrogen and oxygen atoms in total. The van der Waals surface area contributed by atoms with Crippen molar-refractivity contribution in [1.29, 1.82) is 0 Å². The summed E-state index contributed by atoms with van der Waals surface area (Å²) < 4.78 is 58.3. The van der Waals surface area contributed by atoms with Gasteiger partial charge in [-0.05, 0) is 0 Å². The summed E-state index contributed by atoms with van der Waals surface area (Å²) in [5, 5.41) is 10.6. The third kappa shape index (κ3) is 5.76. The number of nitrogen functional groups attached to an aromatic ring is 1. The minimum atomic E-state index is -5.21. The van der Waals surface area contributed by atoms with E-state index in [4.69, 9.17) is 25.2 Å². The Labute approximate surface area is 178 Å². The van der Waals surface area contributed by atoms with Gasteiger partial charge in [-0.25, -0.2) is 28.6 Å². The molecule has 32 heavy (non-hydrogen) atoms. The second-order valence-corrected chi connectivity index (χ2v) is 10.5. The number of fused-ring (bicyclic) bond motifs is 1. The first-order valence-electron chi connectivity index (χ1n) is 8.31. The van der Waals surface area contributed by atoms with Gasteiger partial charge < -0.3 is 35.2 Å². The number of nitrogens with two attached hydrogens (primary N) is 1. The van der Waals surface area contributed by atoms with E-state index < -0.39 is 54.6 Å². The number of hydrogen-bond acceptors (Lipinski definition) is 13. The van der Waals surface area contributed by atoms with E-state index in [0.717, 1.165) is 24.3 Å². The molecule has 2 aromatic rings. The molecule has 1 fully saturated rings. The molecule has 3 unspecified atom stereocenters. The molecule has 7 N–H and O–H groups in total. The SMILES string of the molecule is COP(=O)(O)OP(=O)(O)OC[C@H]1O[C@@H](n2cnc3c(N)ncnc32)[C@@H](O)C1OP(=O)(O)O. The van der Waals surface area contributed by atoms with Crippen molar-refractivity contribution in [2.24, 2.45) is 0 Å². The minimum absolute atomic E-state index is 0.00841. The Morgan fingerprint density at radius 3 is 2.47 bits per heavy atom. The van der Waals surface area contributed by atoms with Crippen molar-refractivity contribution >= 4 is 40.4 Å². The van der Waals surface area contributed by atoms with Crippen LogP contribution < -0.4 is 5.73 Å². The van der Waals surface area contributed by atoms with Gasteiger partial charge in [0.25, 0.3) is 0 Å². The van der Waals surface area contributed by atoms with Crippen LogP contribution in [0.4, 0.5) is 5.82 Å². The van der Waals surface area contributed by atoms with Crippen molar-refractivity contribution in [1.82, 2.24) is 19.5 Å². The molecule has 180 valence electrons. The molecule has 0 radical (unpaired) electrons. The molecule has 3 rings (SSSR count). The van der Waals surface area contributed by atoms with E-state index in [9.17, 15) is 23.7 Å². The van der Waals surface area contributed by atoms with E-state index in [1.54, 1.807) is 0 Å². The fourth-order valence-corrected chi connectivity index (χ4v) is 5.19. The van der Waals surface area contributed by atoms with Gasteiger partial charge in [0.15, 0.2) is 17.7 Å². The first-order valence-corrected chi connectivity index (χ1v) is 12.8. The molecule has 3 heterocycles. The zero-order valence-electron chi connectivity index (χ0n) is 15.9. The molecule has 0 aromatic carbocycles. The quantitative estimate of drug-likeness (QED) is 0.216. The molecule has 0 aliphatic carbocycles. The van der Waals surface area contributed by atoms with Crippen LogP contribution in [0.5, 0.6) is 0 Å². The summed E-state index contributed by atoms with van der Waals surface area (Å²) in [4.78, 5) is 48.7. The van der Waals surface area contributed by atoms with E-state index in [-0.39, 0.29) is 17.0 Å². The number of aliphatic hydroxyl groups excluding tert-OH is 1. The molecule has 1 aliphatic heterocycles. The van der Waals surface area contributed by atoms with E-state index in [0.29, 0.717) is 0 Å². The number of aliphatic hydroxyl groups is 1. The van der Waals surface area contributed by atoms with Gasteiger partial charge >= 0.3 is 23.5 Å². The van der Waals surface area contributed by atoms with E-state index >= 15 is 0 Å². The highest BCUT2D eigenvalue weighted by Crippen LogP contribution is 2.60. The summed E-state index contributed by atoms with van der Waals surface area (Å²) in [6.07, 6.45) is -4.30. The van der Waals surface area contributed by atoms with Crippen LogP contribution in [0.25, 0.3) is 11.2 Å². The lowest BCUT2D eigenvalue weighted by atomic mass is 10.1. The molecular formula is C11H18N5O13P3. The Hall–Kier alpha value is -1.36. The number of aromatic nitrogens is 4. The highest BCUT2D eigenvalue weighted by Gasteiger charge is 2.50. The Morgan fingerprint density at radius 1 is 1.16 bits per heavy atom. The summed E-state index contributed by atoms with van der Waals surface area (Å²) in [6, 6.07) is 0. The number of rotatable bonds is 9. The van der Waals surface area contributed by atoms with Gasteiger partial charge in [-0.15, -0.1) is 0 Å².